The lowest BCUT2D eigenvalue weighted by molar-refractivity contribution is -0.120. The molecule has 1 N–H and O–H groups in total. The van der Waals surface area contributed by atoms with Gasteiger partial charge in [0.25, 0.3) is 0 Å². The second kappa shape index (κ2) is 6.16. The third-order valence-electron chi connectivity index (χ3n) is 4.56. The molecular weight excluding hydrogens is 316 g/mol. The molecule has 4 rings (SSSR count). The van der Waals surface area contributed by atoms with Gasteiger partial charge in [0.05, 0.1) is 18.8 Å². The summed E-state index contributed by atoms with van der Waals surface area (Å²) < 4.78 is 3.69. The van der Waals surface area contributed by atoms with Crippen molar-refractivity contribution in [3.63, 3.8) is 0 Å². The molecule has 0 bridgehead atoms. The molecule has 3 heterocycles. The second-order valence-corrected chi connectivity index (χ2v) is 6.40. The summed E-state index contributed by atoms with van der Waals surface area (Å²) in [5.41, 5.74) is 1.76. The van der Waals surface area contributed by atoms with Gasteiger partial charge in [0, 0.05) is 19.0 Å². The van der Waals surface area contributed by atoms with E-state index in [2.05, 4.69) is 20.4 Å². The van der Waals surface area contributed by atoms with Gasteiger partial charge in [-0.15, -0.1) is 0 Å². The highest BCUT2D eigenvalue weighted by Crippen LogP contribution is 2.27. The molecular formula is C18H20N6O. The van der Waals surface area contributed by atoms with Crippen molar-refractivity contribution in [3.05, 3.63) is 48.3 Å². The molecule has 7 nitrogen and oxygen atoms in total. The molecule has 1 atom stereocenters. The van der Waals surface area contributed by atoms with Crippen LogP contribution in [0.2, 0.25) is 0 Å². The number of carbonyl (C=O) groups excluding carboxylic acids is 1. The maximum atomic E-state index is 12.8. The monoisotopic (exact) mass is 336 g/mol. The van der Waals surface area contributed by atoms with E-state index in [1.54, 1.807) is 6.33 Å². The van der Waals surface area contributed by atoms with Crippen LogP contribution >= 0.6 is 0 Å². The third kappa shape index (κ3) is 2.93. The molecule has 1 aliphatic rings. The number of aryl methyl sites for hydroxylation is 3. The Labute approximate surface area is 145 Å². The Bertz CT molecular complexity index is 911. The first-order valence-corrected chi connectivity index (χ1v) is 8.40. The highest BCUT2D eigenvalue weighted by Gasteiger charge is 2.27. The Hall–Kier alpha value is -2.96. The molecule has 2 aromatic heterocycles. The summed E-state index contributed by atoms with van der Waals surface area (Å²) in [4.78, 5) is 21.6. The molecule has 0 saturated carbocycles. The van der Waals surface area contributed by atoms with E-state index < -0.39 is 0 Å². The minimum absolute atomic E-state index is 0.000385. The molecule has 0 saturated heterocycles. The number of nitrogens with zero attached hydrogens (tertiary/aromatic N) is 5. The first kappa shape index (κ1) is 15.6. The van der Waals surface area contributed by atoms with Crippen molar-refractivity contribution < 1.29 is 4.79 Å². The lowest BCUT2D eigenvalue weighted by atomic mass is 9.99. The van der Waals surface area contributed by atoms with Crippen LogP contribution in [0.15, 0.2) is 36.7 Å². The summed E-state index contributed by atoms with van der Waals surface area (Å²) in [6.07, 6.45) is 3.27. The van der Waals surface area contributed by atoms with Crippen molar-refractivity contribution in [2.75, 3.05) is 5.32 Å². The fourth-order valence-corrected chi connectivity index (χ4v) is 3.25. The van der Waals surface area contributed by atoms with Crippen molar-refractivity contribution in [1.82, 2.24) is 24.3 Å². The van der Waals surface area contributed by atoms with Crippen LogP contribution in [0.1, 0.15) is 18.1 Å². The van der Waals surface area contributed by atoms with Gasteiger partial charge < -0.3 is 9.88 Å². The summed E-state index contributed by atoms with van der Waals surface area (Å²) in [6.45, 7) is 2.45. The molecule has 3 aromatic rings. The van der Waals surface area contributed by atoms with Gasteiger partial charge in [0.15, 0.2) is 0 Å². The zero-order valence-corrected chi connectivity index (χ0v) is 14.3. The van der Waals surface area contributed by atoms with E-state index in [1.165, 1.54) is 0 Å². The normalized spacial score (nSPS) is 16.5. The summed E-state index contributed by atoms with van der Waals surface area (Å²) in [7, 11) is 1.88. The molecule has 0 aliphatic carbocycles. The van der Waals surface area contributed by atoms with Gasteiger partial charge in [0.2, 0.25) is 5.91 Å². The number of benzene rings is 1. The second-order valence-electron chi connectivity index (χ2n) is 6.40. The van der Waals surface area contributed by atoms with Gasteiger partial charge in [-0.2, -0.15) is 5.10 Å². The van der Waals surface area contributed by atoms with Crippen LogP contribution in [0.25, 0.3) is 11.3 Å². The minimum Gasteiger partial charge on any atom is -0.320 e. The lowest BCUT2D eigenvalue weighted by Crippen LogP contribution is -2.32. The Kier molecular flexibility index (Phi) is 3.83. The molecule has 0 spiro atoms. The number of hydrogen-bond donors (Lipinski definition) is 1. The van der Waals surface area contributed by atoms with Crippen LogP contribution in [-0.4, -0.2) is 30.2 Å². The Morgan fingerprint density at radius 3 is 2.88 bits per heavy atom. The topological polar surface area (TPSA) is 77.6 Å². The smallest absolute Gasteiger partial charge is 0.230 e. The summed E-state index contributed by atoms with van der Waals surface area (Å²) in [5, 5.41) is 7.44. The number of rotatable bonds is 3. The summed E-state index contributed by atoms with van der Waals surface area (Å²) in [5.74, 6) is 2.32. The fraction of sp³-hybridized carbons (Fsp3) is 0.333. The van der Waals surface area contributed by atoms with Gasteiger partial charge in [-0.05, 0) is 13.3 Å². The van der Waals surface area contributed by atoms with Crippen molar-refractivity contribution in [1.29, 1.82) is 0 Å². The van der Waals surface area contributed by atoms with E-state index in [0.29, 0.717) is 6.54 Å². The number of hydrogen-bond acceptors (Lipinski definition) is 4. The van der Waals surface area contributed by atoms with Crippen molar-refractivity contribution in [3.8, 4) is 11.3 Å². The molecule has 1 amide bonds. The first-order chi connectivity index (χ1) is 12.1. The number of aromatic nitrogens is 5. The fourth-order valence-electron chi connectivity index (χ4n) is 3.25. The Morgan fingerprint density at radius 2 is 2.08 bits per heavy atom. The van der Waals surface area contributed by atoms with Crippen LogP contribution in [0, 0.1) is 12.8 Å². The summed E-state index contributed by atoms with van der Waals surface area (Å²) >= 11 is 0. The van der Waals surface area contributed by atoms with E-state index >= 15 is 0 Å². The molecule has 7 heteroatoms. The molecule has 25 heavy (non-hydrogen) atoms. The molecule has 1 aromatic carbocycles. The highest BCUT2D eigenvalue weighted by atomic mass is 16.2. The molecule has 0 radical (unpaired) electrons. The Morgan fingerprint density at radius 1 is 1.28 bits per heavy atom. The van der Waals surface area contributed by atoms with E-state index in [9.17, 15) is 4.79 Å². The first-order valence-electron chi connectivity index (χ1n) is 8.40. The van der Waals surface area contributed by atoms with Gasteiger partial charge in [0.1, 0.15) is 23.2 Å². The number of amides is 1. The van der Waals surface area contributed by atoms with Gasteiger partial charge in [-0.3, -0.25) is 4.79 Å². The van der Waals surface area contributed by atoms with Crippen molar-refractivity contribution in [2.24, 2.45) is 13.0 Å². The van der Waals surface area contributed by atoms with E-state index in [4.69, 9.17) is 0 Å². The van der Waals surface area contributed by atoms with Crippen LogP contribution in [0.3, 0.4) is 0 Å². The Balaban J connectivity index is 1.55. The number of nitrogens with one attached hydrogen (secondary N) is 1. The summed E-state index contributed by atoms with van der Waals surface area (Å²) in [6, 6.07) is 9.87. The van der Waals surface area contributed by atoms with E-state index in [0.717, 1.165) is 41.6 Å². The predicted molar refractivity (Wildman–Crippen MR) is 93.8 cm³/mol. The van der Waals surface area contributed by atoms with Crippen molar-refractivity contribution in [2.45, 2.75) is 26.3 Å². The number of anilines is 1. The standard InChI is InChI=1S/C18H20N6O/c1-12-20-15-9-8-14(10-24(15)22-12)18(25)21-17-16(19-11-23(17)2)13-6-4-3-5-7-13/h3-7,11,14H,8-10H2,1-2H3,(H,21,25). The van der Waals surface area contributed by atoms with Crippen molar-refractivity contribution >= 4 is 11.7 Å². The highest BCUT2D eigenvalue weighted by molar-refractivity contribution is 5.95. The van der Waals surface area contributed by atoms with Crippen LogP contribution in [0.4, 0.5) is 5.82 Å². The van der Waals surface area contributed by atoms with Gasteiger partial charge >= 0.3 is 0 Å². The number of fused-ring (bicyclic) bond motifs is 1. The molecule has 1 unspecified atom stereocenters. The molecule has 1 aliphatic heterocycles. The zero-order valence-electron chi connectivity index (χ0n) is 14.3. The maximum Gasteiger partial charge on any atom is 0.230 e. The van der Waals surface area contributed by atoms with Gasteiger partial charge in [-0.25, -0.2) is 14.6 Å². The number of imidazole rings is 1. The van der Waals surface area contributed by atoms with Gasteiger partial charge in [-0.1, -0.05) is 30.3 Å². The largest absolute Gasteiger partial charge is 0.320 e. The number of carbonyl (C=O) groups is 1. The van der Waals surface area contributed by atoms with E-state index in [1.807, 2.05) is 53.6 Å². The van der Waals surface area contributed by atoms with Crippen LogP contribution < -0.4 is 5.32 Å². The quantitative estimate of drug-likeness (QED) is 0.795. The zero-order chi connectivity index (χ0) is 17.4. The van der Waals surface area contributed by atoms with Crippen LogP contribution in [-0.2, 0) is 24.8 Å². The predicted octanol–water partition coefficient (Wildman–Crippen LogP) is 2.19. The average Bonchev–Trinajstić information content (AvgIpc) is 3.17. The lowest BCUT2D eigenvalue weighted by Gasteiger charge is -2.22. The SMILES string of the molecule is Cc1nc2n(n1)CC(C(=O)Nc1c(-c3ccccc3)ncn1C)CC2. The maximum absolute atomic E-state index is 12.8. The van der Waals surface area contributed by atoms with Crippen LogP contribution in [0.5, 0.6) is 0 Å². The van der Waals surface area contributed by atoms with E-state index in [-0.39, 0.29) is 11.8 Å². The third-order valence-corrected chi connectivity index (χ3v) is 4.56. The molecule has 128 valence electrons. The average molecular weight is 336 g/mol. The molecule has 0 fully saturated rings. The minimum atomic E-state index is -0.118.